The smallest absolute Gasteiger partial charge is 0.411 e. The SMILES string of the molecule is CC(C)(C)OC(=O)N1[C@H]2C=C[C@@]13CCOC(=O)C3=C(O[Si](C)(C)C(C)(C)C)C2. The average Bonchev–Trinajstić information content (AvgIpc) is 2.74. The molecular formula is C21H33NO5Si. The summed E-state index contributed by atoms with van der Waals surface area (Å²) in [5.41, 5.74) is -0.970. The Bertz CT molecular complexity index is 756. The van der Waals surface area contributed by atoms with E-state index >= 15 is 0 Å². The highest BCUT2D eigenvalue weighted by Crippen LogP contribution is 2.50. The Morgan fingerprint density at radius 2 is 1.89 bits per heavy atom. The molecular weight excluding hydrogens is 374 g/mol. The van der Waals surface area contributed by atoms with E-state index in [0.29, 0.717) is 24.2 Å². The molecule has 0 aromatic rings. The van der Waals surface area contributed by atoms with Crippen LogP contribution >= 0.6 is 0 Å². The van der Waals surface area contributed by atoms with Crippen LogP contribution in [0.1, 0.15) is 54.4 Å². The van der Waals surface area contributed by atoms with E-state index in [1.54, 1.807) is 4.90 Å². The summed E-state index contributed by atoms with van der Waals surface area (Å²) >= 11 is 0. The standard InChI is InChI=1S/C21H33NO5Si/c1-19(2,3)26-18(24)22-14-9-10-21(22)11-12-25-17(23)16(21)15(13-14)27-28(7,8)20(4,5)6/h9-10,14H,11-13H2,1-8H3/t14-,21-/m0/s1. The number of ether oxygens (including phenoxy) is 2. The van der Waals surface area contributed by atoms with Crippen LogP contribution in [0.4, 0.5) is 4.79 Å². The number of rotatable bonds is 2. The summed E-state index contributed by atoms with van der Waals surface area (Å²) in [5.74, 6) is 0.296. The first kappa shape index (κ1) is 21.0. The summed E-state index contributed by atoms with van der Waals surface area (Å²) in [5, 5.41) is 0.00106. The lowest BCUT2D eigenvalue weighted by Crippen LogP contribution is -2.60. The van der Waals surface area contributed by atoms with Crippen molar-refractivity contribution in [3.05, 3.63) is 23.5 Å². The third-order valence-electron chi connectivity index (χ3n) is 6.16. The summed E-state index contributed by atoms with van der Waals surface area (Å²) in [6.07, 6.45) is 4.56. The fraction of sp³-hybridized carbons (Fsp3) is 0.714. The molecule has 0 radical (unpaired) electrons. The van der Waals surface area contributed by atoms with Gasteiger partial charge in [0, 0.05) is 12.8 Å². The maximum atomic E-state index is 13.0. The quantitative estimate of drug-likeness (QED) is 0.382. The molecule has 0 aliphatic carbocycles. The van der Waals surface area contributed by atoms with Gasteiger partial charge >= 0.3 is 12.1 Å². The Hall–Kier alpha value is -1.76. The van der Waals surface area contributed by atoms with Crippen LogP contribution in [0.25, 0.3) is 0 Å². The molecule has 1 fully saturated rings. The summed E-state index contributed by atoms with van der Waals surface area (Å²) in [4.78, 5) is 27.6. The molecule has 3 heterocycles. The lowest BCUT2D eigenvalue weighted by molar-refractivity contribution is -0.145. The average molecular weight is 408 g/mol. The van der Waals surface area contributed by atoms with Gasteiger partial charge in [-0.2, -0.15) is 0 Å². The predicted octanol–water partition coefficient (Wildman–Crippen LogP) is 4.53. The number of amides is 1. The van der Waals surface area contributed by atoms with Gasteiger partial charge in [-0.15, -0.1) is 0 Å². The molecule has 3 aliphatic heterocycles. The van der Waals surface area contributed by atoms with E-state index in [1.807, 2.05) is 32.9 Å². The van der Waals surface area contributed by atoms with Crippen LogP contribution in [0.5, 0.6) is 0 Å². The molecule has 156 valence electrons. The molecule has 0 aromatic carbocycles. The minimum atomic E-state index is -2.15. The molecule has 2 atom stereocenters. The van der Waals surface area contributed by atoms with Gasteiger partial charge in [0.2, 0.25) is 8.32 Å². The van der Waals surface area contributed by atoms with Gasteiger partial charge in [-0.05, 0) is 38.9 Å². The number of carbonyl (C=O) groups is 2. The molecule has 1 amide bonds. The first-order valence-corrected chi connectivity index (χ1v) is 12.9. The number of nitrogens with zero attached hydrogens (tertiary/aromatic N) is 1. The maximum absolute atomic E-state index is 13.0. The first-order valence-electron chi connectivity index (χ1n) is 9.99. The van der Waals surface area contributed by atoms with Crippen molar-refractivity contribution in [1.82, 2.24) is 4.90 Å². The second-order valence-corrected chi connectivity index (χ2v) is 15.2. The van der Waals surface area contributed by atoms with E-state index in [9.17, 15) is 9.59 Å². The van der Waals surface area contributed by atoms with E-state index < -0.39 is 31.5 Å². The zero-order valence-electron chi connectivity index (χ0n) is 18.3. The molecule has 0 unspecified atom stereocenters. The van der Waals surface area contributed by atoms with E-state index in [2.05, 4.69) is 33.9 Å². The van der Waals surface area contributed by atoms with Crippen LogP contribution in [0, 0.1) is 0 Å². The van der Waals surface area contributed by atoms with Crippen molar-refractivity contribution in [3.8, 4) is 0 Å². The van der Waals surface area contributed by atoms with Crippen molar-refractivity contribution in [1.29, 1.82) is 0 Å². The summed E-state index contributed by atoms with van der Waals surface area (Å²) in [6, 6.07) is -0.177. The number of cyclic esters (lactones) is 1. The zero-order valence-corrected chi connectivity index (χ0v) is 19.3. The molecule has 1 spiro atoms. The van der Waals surface area contributed by atoms with Gasteiger partial charge in [-0.1, -0.05) is 32.9 Å². The van der Waals surface area contributed by atoms with Crippen molar-refractivity contribution >= 4 is 20.4 Å². The molecule has 6 nitrogen and oxygen atoms in total. The minimum Gasteiger partial charge on any atom is -0.546 e. The Balaban J connectivity index is 2.05. The van der Waals surface area contributed by atoms with Crippen LogP contribution in [0.3, 0.4) is 0 Å². The van der Waals surface area contributed by atoms with Crippen molar-refractivity contribution in [2.24, 2.45) is 0 Å². The number of carbonyl (C=O) groups excluding carboxylic acids is 2. The van der Waals surface area contributed by atoms with E-state index in [4.69, 9.17) is 13.9 Å². The molecule has 2 bridgehead atoms. The van der Waals surface area contributed by atoms with Crippen LogP contribution in [-0.2, 0) is 18.7 Å². The Morgan fingerprint density at radius 1 is 1.25 bits per heavy atom. The molecule has 28 heavy (non-hydrogen) atoms. The maximum Gasteiger partial charge on any atom is 0.411 e. The molecule has 3 aliphatic rings. The molecule has 0 N–H and O–H groups in total. The highest BCUT2D eigenvalue weighted by molar-refractivity contribution is 6.74. The van der Waals surface area contributed by atoms with E-state index in [0.717, 1.165) is 0 Å². The van der Waals surface area contributed by atoms with Gasteiger partial charge in [-0.25, -0.2) is 9.59 Å². The van der Waals surface area contributed by atoms with E-state index in [-0.39, 0.29) is 17.7 Å². The Labute approximate surface area is 169 Å². The van der Waals surface area contributed by atoms with Gasteiger partial charge in [-0.3, -0.25) is 4.90 Å². The largest absolute Gasteiger partial charge is 0.546 e. The summed E-state index contributed by atoms with van der Waals surface area (Å²) < 4.78 is 17.6. The number of esters is 1. The van der Waals surface area contributed by atoms with Crippen LogP contribution < -0.4 is 0 Å². The number of hydrogen-bond donors (Lipinski definition) is 0. The molecule has 0 aromatic heterocycles. The van der Waals surface area contributed by atoms with Crippen molar-refractivity contribution in [2.75, 3.05) is 6.61 Å². The zero-order chi connectivity index (χ0) is 21.1. The lowest BCUT2D eigenvalue weighted by Gasteiger charge is -2.49. The summed E-state index contributed by atoms with van der Waals surface area (Å²) in [7, 11) is -2.15. The highest BCUT2D eigenvalue weighted by Gasteiger charge is 2.58. The van der Waals surface area contributed by atoms with Crippen molar-refractivity contribution in [2.45, 2.75) is 89.7 Å². The van der Waals surface area contributed by atoms with Gasteiger partial charge < -0.3 is 13.9 Å². The predicted molar refractivity (Wildman–Crippen MR) is 109 cm³/mol. The number of hydrogen-bond acceptors (Lipinski definition) is 5. The van der Waals surface area contributed by atoms with Crippen LogP contribution in [0.2, 0.25) is 18.1 Å². The number of fused-ring (bicyclic) bond motifs is 1. The molecule has 7 heteroatoms. The van der Waals surface area contributed by atoms with Crippen molar-refractivity contribution < 1.29 is 23.5 Å². The third kappa shape index (κ3) is 3.38. The highest BCUT2D eigenvalue weighted by atomic mass is 28.4. The fourth-order valence-electron chi connectivity index (χ4n) is 3.78. The normalized spacial score (nSPS) is 27.5. The summed E-state index contributed by atoms with van der Waals surface area (Å²) in [6.45, 7) is 16.6. The first-order chi connectivity index (χ1) is 12.7. The Morgan fingerprint density at radius 3 is 2.46 bits per heavy atom. The lowest BCUT2D eigenvalue weighted by atomic mass is 9.81. The molecule has 3 rings (SSSR count). The van der Waals surface area contributed by atoms with Gasteiger partial charge in [0.25, 0.3) is 0 Å². The van der Waals surface area contributed by atoms with Crippen molar-refractivity contribution in [3.63, 3.8) is 0 Å². The van der Waals surface area contributed by atoms with Crippen LogP contribution in [0.15, 0.2) is 23.5 Å². The second kappa shape index (κ2) is 6.37. The fourth-order valence-corrected chi connectivity index (χ4v) is 4.89. The van der Waals surface area contributed by atoms with Gasteiger partial charge in [0.15, 0.2) is 0 Å². The van der Waals surface area contributed by atoms with Gasteiger partial charge in [0.05, 0.1) is 18.4 Å². The monoisotopic (exact) mass is 407 g/mol. The minimum absolute atomic E-state index is 0.00106. The van der Waals surface area contributed by atoms with E-state index in [1.165, 1.54) is 0 Å². The molecule has 1 saturated heterocycles. The van der Waals surface area contributed by atoms with Crippen LogP contribution in [-0.4, -0.2) is 49.1 Å². The molecule has 0 saturated carbocycles. The Kier molecular flexibility index (Phi) is 4.77. The topological polar surface area (TPSA) is 65.1 Å². The third-order valence-corrected chi connectivity index (χ3v) is 10.5. The van der Waals surface area contributed by atoms with Gasteiger partial charge in [0.1, 0.15) is 16.7 Å². The second-order valence-electron chi connectivity index (χ2n) is 10.5.